The molecular formula is C17H28N4O. The molecule has 0 spiro atoms. The van der Waals surface area contributed by atoms with Crippen LogP contribution in [0.3, 0.4) is 0 Å². The van der Waals surface area contributed by atoms with Crippen LogP contribution >= 0.6 is 0 Å². The number of para-hydroxylation sites is 1. The minimum atomic E-state index is 0.141. The summed E-state index contributed by atoms with van der Waals surface area (Å²) in [4.78, 5) is 2.14. The number of nitrogens with two attached hydrogens (primary N) is 3. The molecule has 0 amide bonds. The first-order valence-electron chi connectivity index (χ1n) is 7.76. The average Bonchev–Trinajstić information content (AvgIpc) is 2.49. The molecule has 7 N–H and O–H groups in total. The van der Waals surface area contributed by atoms with Gasteiger partial charge in [0, 0.05) is 24.4 Å². The van der Waals surface area contributed by atoms with Crippen molar-refractivity contribution in [2.75, 3.05) is 13.1 Å². The lowest BCUT2D eigenvalue weighted by molar-refractivity contribution is 0.343. The highest BCUT2D eigenvalue weighted by atomic mass is 16.3. The van der Waals surface area contributed by atoms with Crippen LogP contribution in [0.4, 0.5) is 0 Å². The summed E-state index contributed by atoms with van der Waals surface area (Å²) < 4.78 is 0. The van der Waals surface area contributed by atoms with Gasteiger partial charge in [-0.15, -0.1) is 0 Å². The van der Waals surface area contributed by atoms with Gasteiger partial charge in [-0.05, 0) is 31.1 Å². The maximum atomic E-state index is 9.90. The Balaban J connectivity index is 3.12. The van der Waals surface area contributed by atoms with Crippen molar-refractivity contribution >= 4 is 5.70 Å². The van der Waals surface area contributed by atoms with Gasteiger partial charge in [0.1, 0.15) is 11.6 Å². The lowest BCUT2D eigenvalue weighted by Gasteiger charge is -2.26. The number of aromatic hydroxyl groups is 1. The summed E-state index contributed by atoms with van der Waals surface area (Å²) in [6, 6.07) is 6.95. The fourth-order valence-corrected chi connectivity index (χ4v) is 2.27. The predicted molar refractivity (Wildman–Crippen MR) is 92.4 cm³/mol. The molecule has 22 heavy (non-hydrogen) atoms. The highest BCUT2D eigenvalue weighted by Crippen LogP contribution is 2.23. The van der Waals surface area contributed by atoms with E-state index in [1.807, 2.05) is 6.07 Å². The molecule has 0 atom stereocenters. The largest absolute Gasteiger partial charge is 0.507 e. The zero-order chi connectivity index (χ0) is 16.5. The fraction of sp³-hybridized carbons (Fsp3) is 0.412. The van der Waals surface area contributed by atoms with Crippen LogP contribution in [0, 0.1) is 0 Å². The highest BCUT2D eigenvalue weighted by molar-refractivity contribution is 5.69. The smallest absolute Gasteiger partial charge is 0.124 e. The van der Waals surface area contributed by atoms with Gasteiger partial charge in [0.25, 0.3) is 0 Å². The summed E-state index contributed by atoms with van der Waals surface area (Å²) in [5, 5.41) is 9.90. The van der Waals surface area contributed by atoms with Gasteiger partial charge in [0.15, 0.2) is 0 Å². The second kappa shape index (κ2) is 8.87. The third-order valence-corrected chi connectivity index (χ3v) is 3.42. The van der Waals surface area contributed by atoms with Crippen LogP contribution in [0.5, 0.6) is 5.75 Å². The first kappa shape index (κ1) is 17.8. The summed E-state index contributed by atoms with van der Waals surface area (Å²) in [6.45, 7) is 5.99. The molecule has 0 saturated carbocycles. The monoisotopic (exact) mass is 304 g/mol. The first-order valence-corrected chi connectivity index (χ1v) is 7.76. The van der Waals surface area contributed by atoms with E-state index in [1.54, 1.807) is 24.3 Å². The number of rotatable bonds is 8. The number of nitrogens with zero attached hydrogens (tertiary/aromatic N) is 1. The van der Waals surface area contributed by atoms with Crippen molar-refractivity contribution in [3.63, 3.8) is 0 Å². The Morgan fingerprint density at radius 1 is 1.09 bits per heavy atom. The van der Waals surface area contributed by atoms with Crippen molar-refractivity contribution in [2.45, 2.75) is 33.1 Å². The Labute approximate surface area is 133 Å². The van der Waals surface area contributed by atoms with Crippen molar-refractivity contribution in [1.29, 1.82) is 0 Å². The standard InChI is InChI=1S/C17H28N4O/c1-3-5-11-21(10-4-2)15(17(19)20)12-14(18)13-8-6-7-9-16(13)22/h6-9,12,22H,3-5,10-11,18-20H2,1-2H3/b14-12-. The van der Waals surface area contributed by atoms with Crippen LogP contribution in [-0.4, -0.2) is 23.1 Å². The molecule has 1 rings (SSSR count). The number of phenolic OH excluding ortho intramolecular Hbond substituents is 1. The molecule has 122 valence electrons. The van der Waals surface area contributed by atoms with E-state index < -0.39 is 0 Å². The zero-order valence-corrected chi connectivity index (χ0v) is 13.5. The van der Waals surface area contributed by atoms with Gasteiger partial charge in [-0.1, -0.05) is 32.4 Å². The van der Waals surface area contributed by atoms with E-state index in [0.717, 1.165) is 38.0 Å². The number of hydrogen-bond donors (Lipinski definition) is 4. The number of benzene rings is 1. The van der Waals surface area contributed by atoms with Crippen LogP contribution in [-0.2, 0) is 0 Å². The van der Waals surface area contributed by atoms with Gasteiger partial charge < -0.3 is 27.2 Å². The normalized spacial score (nSPS) is 11.3. The molecular weight excluding hydrogens is 276 g/mol. The van der Waals surface area contributed by atoms with E-state index in [4.69, 9.17) is 17.2 Å². The molecule has 5 nitrogen and oxygen atoms in total. The molecule has 0 fully saturated rings. The third kappa shape index (κ3) is 4.91. The first-order chi connectivity index (χ1) is 10.5. The average molecular weight is 304 g/mol. The van der Waals surface area contributed by atoms with Gasteiger partial charge in [-0.2, -0.15) is 0 Å². The SMILES string of the molecule is CCCCN(CCC)C(/C=C(\N)c1ccccc1O)=C(N)N. The van der Waals surface area contributed by atoms with E-state index in [9.17, 15) is 5.11 Å². The van der Waals surface area contributed by atoms with Crippen LogP contribution < -0.4 is 17.2 Å². The quantitative estimate of drug-likeness (QED) is 0.552. The fourth-order valence-electron chi connectivity index (χ4n) is 2.27. The summed E-state index contributed by atoms with van der Waals surface area (Å²) in [7, 11) is 0. The summed E-state index contributed by atoms with van der Waals surface area (Å²) in [5.41, 5.74) is 19.6. The molecule has 1 aromatic carbocycles. The van der Waals surface area contributed by atoms with E-state index in [2.05, 4.69) is 18.7 Å². The lowest BCUT2D eigenvalue weighted by atomic mass is 10.1. The molecule has 0 aliphatic carbocycles. The summed E-state index contributed by atoms with van der Waals surface area (Å²) >= 11 is 0. The topological polar surface area (TPSA) is 102 Å². The molecule has 1 aromatic rings. The van der Waals surface area contributed by atoms with Crippen molar-refractivity contribution < 1.29 is 5.11 Å². The Morgan fingerprint density at radius 2 is 1.77 bits per heavy atom. The van der Waals surface area contributed by atoms with E-state index >= 15 is 0 Å². The van der Waals surface area contributed by atoms with Crippen molar-refractivity contribution in [1.82, 2.24) is 4.90 Å². The molecule has 0 aromatic heterocycles. The van der Waals surface area contributed by atoms with Crippen molar-refractivity contribution in [3.05, 3.63) is 47.4 Å². The van der Waals surface area contributed by atoms with E-state index in [1.165, 1.54) is 0 Å². The third-order valence-electron chi connectivity index (χ3n) is 3.42. The molecule has 0 aliphatic rings. The molecule has 0 bridgehead atoms. The number of hydrogen-bond acceptors (Lipinski definition) is 5. The van der Waals surface area contributed by atoms with Crippen molar-refractivity contribution in [2.24, 2.45) is 17.2 Å². The predicted octanol–water partition coefficient (Wildman–Crippen LogP) is 2.29. The maximum Gasteiger partial charge on any atom is 0.124 e. The number of unbranched alkanes of at least 4 members (excludes halogenated alkanes) is 1. The summed E-state index contributed by atoms with van der Waals surface area (Å²) in [5.74, 6) is 0.379. The molecule has 5 heteroatoms. The van der Waals surface area contributed by atoms with Gasteiger partial charge in [-0.3, -0.25) is 0 Å². The van der Waals surface area contributed by atoms with Crippen LogP contribution in [0.15, 0.2) is 41.9 Å². The molecule has 0 radical (unpaired) electrons. The summed E-state index contributed by atoms with van der Waals surface area (Å²) in [6.07, 6.45) is 4.89. The molecule has 0 aliphatic heterocycles. The molecule has 0 heterocycles. The minimum absolute atomic E-state index is 0.141. The second-order valence-electron chi connectivity index (χ2n) is 5.30. The zero-order valence-electron chi connectivity index (χ0n) is 13.5. The molecule has 0 saturated heterocycles. The Bertz CT molecular complexity index is 533. The van der Waals surface area contributed by atoms with E-state index in [0.29, 0.717) is 11.3 Å². The molecule has 0 unspecified atom stereocenters. The van der Waals surface area contributed by atoms with Crippen molar-refractivity contribution in [3.8, 4) is 5.75 Å². The Kier molecular flexibility index (Phi) is 7.16. The number of allylic oxidation sites excluding steroid dienone is 1. The highest BCUT2D eigenvalue weighted by Gasteiger charge is 2.11. The van der Waals surface area contributed by atoms with Crippen LogP contribution in [0.1, 0.15) is 38.7 Å². The van der Waals surface area contributed by atoms with Gasteiger partial charge >= 0.3 is 0 Å². The van der Waals surface area contributed by atoms with Gasteiger partial charge in [-0.25, -0.2) is 0 Å². The van der Waals surface area contributed by atoms with E-state index in [-0.39, 0.29) is 11.6 Å². The second-order valence-corrected chi connectivity index (χ2v) is 5.30. The van der Waals surface area contributed by atoms with Crippen LogP contribution in [0.25, 0.3) is 5.70 Å². The van der Waals surface area contributed by atoms with Crippen LogP contribution in [0.2, 0.25) is 0 Å². The lowest BCUT2D eigenvalue weighted by Crippen LogP contribution is -2.29. The minimum Gasteiger partial charge on any atom is -0.507 e. The van der Waals surface area contributed by atoms with Gasteiger partial charge in [0.2, 0.25) is 0 Å². The Morgan fingerprint density at radius 3 is 2.32 bits per heavy atom. The number of phenols is 1. The Hall–Kier alpha value is -2.30. The van der Waals surface area contributed by atoms with Gasteiger partial charge in [0.05, 0.1) is 5.70 Å². The maximum absolute atomic E-state index is 9.90.